The molecule has 6 nitrogen and oxygen atoms in total. The number of nitrogens with one attached hydrogen (secondary N) is 1. The molecule has 4 aromatic carbocycles. The summed E-state index contributed by atoms with van der Waals surface area (Å²) >= 11 is 0. The van der Waals surface area contributed by atoms with Crippen LogP contribution in [-0.4, -0.2) is 24.0 Å². The van der Waals surface area contributed by atoms with Crippen molar-refractivity contribution < 1.29 is 19.1 Å². The third-order valence-corrected chi connectivity index (χ3v) is 6.71. The fraction of sp³-hybridized carbons (Fsp3) is 0.200. The van der Waals surface area contributed by atoms with E-state index in [4.69, 9.17) is 9.47 Å². The Morgan fingerprint density at radius 3 is 2.67 bits per heavy atom. The van der Waals surface area contributed by atoms with Crippen LogP contribution in [0.25, 0.3) is 10.8 Å². The smallest absolute Gasteiger partial charge is 0.255 e. The average molecular weight is 479 g/mol. The molecule has 0 bridgehead atoms. The molecule has 1 amide bonds. The predicted octanol–water partition coefficient (Wildman–Crippen LogP) is 6.19. The molecule has 6 rings (SSSR count). The third kappa shape index (κ3) is 4.05. The summed E-state index contributed by atoms with van der Waals surface area (Å²) in [5.74, 6) is 1.21. The molecule has 0 saturated carbocycles. The van der Waals surface area contributed by atoms with Gasteiger partial charge < -0.3 is 19.7 Å². The molecule has 0 radical (unpaired) electrons. The second-order valence-corrected chi connectivity index (χ2v) is 9.91. The highest BCUT2D eigenvalue weighted by molar-refractivity contribution is 6.06. The molecule has 0 saturated heterocycles. The summed E-state index contributed by atoms with van der Waals surface area (Å²) in [5.41, 5.74) is 3.09. The third-order valence-electron chi connectivity index (χ3n) is 6.71. The van der Waals surface area contributed by atoms with Crippen LogP contribution in [-0.2, 0) is 6.54 Å². The SMILES string of the molecule is CC1(C)CC(=O)c2cc(NC(=O)c3cccc(N4COc5ccc6ccccc6c5C4)c3)ccc2O1. The van der Waals surface area contributed by atoms with Gasteiger partial charge >= 0.3 is 0 Å². The second kappa shape index (κ2) is 8.41. The summed E-state index contributed by atoms with van der Waals surface area (Å²) in [6.07, 6.45) is 0.301. The van der Waals surface area contributed by atoms with Gasteiger partial charge in [0.15, 0.2) is 12.5 Å². The molecule has 1 N–H and O–H groups in total. The second-order valence-electron chi connectivity index (χ2n) is 9.91. The normalized spacial score (nSPS) is 15.9. The van der Waals surface area contributed by atoms with Gasteiger partial charge in [-0.2, -0.15) is 0 Å². The van der Waals surface area contributed by atoms with Crippen molar-refractivity contribution in [1.82, 2.24) is 0 Å². The molecule has 0 spiro atoms. The summed E-state index contributed by atoms with van der Waals surface area (Å²) in [7, 11) is 0. The summed E-state index contributed by atoms with van der Waals surface area (Å²) in [6, 6.07) is 25.1. The van der Waals surface area contributed by atoms with Crippen molar-refractivity contribution in [2.45, 2.75) is 32.4 Å². The first kappa shape index (κ1) is 22.2. The van der Waals surface area contributed by atoms with Gasteiger partial charge in [0.25, 0.3) is 5.91 Å². The first-order valence-electron chi connectivity index (χ1n) is 12.0. The van der Waals surface area contributed by atoms with E-state index in [1.54, 1.807) is 24.3 Å². The van der Waals surface area contributed by atoms with Gasteiger partial charge in [0, 0.05) is 22.5 Å². The van der Waals surface area contributed by atoms with Gasteiger partial charge in [-0.1, -0.05) is 36.4 Å². The molecule has 0 aromatic heterocycles. The zero-order valence-corrected chi connectivity index (χ0v) is 20.2. The Kier molecular flexibility index (Phi) is 5.18. The Balaban J connectivity index is 1.23. The molecular weight excluding hydrogens is 452 g/mol. The van der Waals surface area contributed by atoms with Crippen molar-refractivity contribution in [3.8, 4) is 11.5 Å². The number of rotatable bonds is 3. The number of Topliss-reactive ketones (excluding diaryl/α,β-unsaturated/α-hetero) is 1. The number of carbonyl (C=O) groups excluding carboxylic acids is 2. The Bertz CT molecular complexity index is 1520. The lowest BCUT2D eigenvalue weighted by atomic mass is 9.93. The van der Waals surface area contributed by atoms with Gasteiger partial charge in [0.05, 0.1) is 18.5 Å². The lowest BCUT2D eigenvalue weighted by molar-refractivity contribution is 0.0620. The predicted molar refractivity (Wildman–Crippen MR) is 140 cm³/mol. The number of hydrogen-bond donors (Lipinski definition) is 1. The Morgan fingerprint density at radius 2 is 1.78 bits per heavy atom. The fourth-order valence-electron chi connectivity index (χ4n) is 4.94. The molecular formula is C30H26N2O4. The van der Waals surface area contributed by atoms with E-state index in [2.05, 4.69) is 28.4 Å². The van der Waals surface area contributed by atoms with Gasteiger partial charge in [-0.25, -0.2) is 0 Å². The lowest BCUT2D eigenvalue weighted by Crippen LogP contribution is -2.35. The van der Waals surface area contributed by atoms with Crippen LogP contribution in [0.5, 0.6) is 11.5 Å². The highest BCUT2D eigenvalue weighted by Crippen LogP contribution is 2.36. The van der Waals surface area contributed by atoms with Gasteiger partial charge in [-0.3, -0.25) is 9.59 Å². The minimum atomic E-state index is -0.528. The maximum absolute atomic E-state index is 13.1. The first-order chi connectivity index (χ1) is 17.4. The van der Waals surface area contributed by atoms with Gasteiger partial charge in [0.1, 0.15) is 17.1 Å². The molecule has 36 heavy (non-hydrogen) atoms. The summed E-state index contributed by atoms with van der Waals surface area (Å²) in [6.45, 7) is 4.88. The maximum atomic E-state index is 13.1. The topological polar surface area (TPSA) is 67.9 Å². The van der Waals surface area contributed by atoms with E-state index in [-0.39, 0.29) is 11.7 Å². The van der Waals surface area contributed by atoms with E-state index in [0.29, 0.717) is 42.3 Å². The molecule has 0 unspecified atom stereocenters. The molecule has 180 valence electrons. The van der Waals surface area contributed by atoms with Crippen LogP contribution >= 0.6 is 0 Å². The van der Waals surface area contributed by atoms with Crippen LogP contribution in [0, 0.1) is 0 Å². The number of benzene rings is 4. The molecule has 4 aromatic rings. The van der Waals surface area contributed by atoms with Crippen LogP contribution in [0.2, 0.25) is 0 Å². The fourth-order valence-corrected chi connectivity index (χ4v) is 4.94. The highest BCUT2D eigenvalue weighted by Gasteiger charge is 2.32. The van der Waals surface area contributed by atoms with Crippen LogP contribution in [0.1, 0.15) is 46.5 Å². The van der Waals surface area contributed by atoms with Crippen molar-refractivity contribution in [3.63, 3.8) is 0 Å². The monoisotopic (exact) mass is 478 g/mol. The number of nitrogens with zero attached hydrogens (tertiary/aromatic N) is 1. The number of amides is 1. The molecule has 0 fully saturated rings. The molecule has 2 heterocycles. The Labute approximate surface area is 209 Å². The number of ether oxygens (including phenoxy) is 2. The van der Waals surface area contributed by atoms with Gasteiger partial charge in [-0.05, 0) is 67.1 Å². The van der Waals surface area contributed by atoms with Crippen molar-refractivity contribution in [3.05, 3.63) is 95.6 Å². The average Bonchev–Trinajstić information content (AvgIpc) is 2.88. The van der Waals surface area contributed by atoms with E-state index in [0.717, 1.165) is 17.0 Å². The summed E-state index contributed by atoms with van der Waals surface area (Å²) < 4.78 is 12.0. The number of ketones is 1. The molecule has 0 aliphatic carbocycles. The van der Waals surface area contributed by atoms with E-state index < -0.39 is 5.60 Å². The zero-order chi connectivity index (χ0) is 24.9. The van der Waals surface area contributed by atoms with E-state index in [1.807, 2.05) is 50.2 Å². The number of hydrogen-bond acceptors (Lipinski definition) is 5. The van der Waals surface area contributed by atoms with E-state index in [1.165, 1.54) is 10.8 Å². The van der Waals surface area contributed by atoms with Crippen molar-refractivity contribution in [2.24, 2.45) is 0 Å². The van der Waals surface area contributed by atoms with Crippen LogP contribution in [0.15, 0.2) is 78.9 Å². The number of fused-ring (bicyclic) bond motifs is 4. The Hall–Kier alpha value is -4.32. The highest BCUT2D eigenvalue weighted by atomic mass is 16.5. The Morgan fingerprint density at radius 1 is 0.944 bits per heavy atom. The largest absolute Gasteiger partial charge is 0.487 e. The standard InChI is InChI=1S/C30H26N2O4/c1-30(2)16-26(33)24-15-21(11-13-28(24)36-30)31-29(34)20-7-5-8-22(14-20)32-17-25-23-9-4-3-6-19(23)10-12-27(25)35-18-32/h3-15H,16-18H2,1-2H3,(H,31,34). The zero-order valence-electron chi connectivity index (χ0n) is 20.2. The summed E-state index contributed by atoms with van der Waals surface area (Å²) in [5, 5.41) is 5.27. The minimum Gasteiger partial charge on any atom is -0.487 e. The molecule has 0 atom stereocenters. The first-order valence-corrected chi connectivity index (χ1v) is 12.0. The summed E-state index contributed by atoms with van der Waals surface area (Å²) in [4.78, 5) is 27.8. The molecule has 2 aliphatic rings. The number of anilines is 2. The molecule has 6 heteroatoms. The maximum Gasteiger partial charge on any atom is 0.255 e. The van der Waals surface area contributed by atoms with Gasteiger partial charge in [0.2, 0.25) is 0 Å². The van der Waals surface area contributed by atoms with Crippen LogP contribution in [0.4, 0.5) is 11.4 Å². The quantitative estimate of drug-likeness (QED) is 0.380. The van der Waals surface area contributed by atoms with Crippen molar-refractivity contribution in [2.75, 3.05) is 16.9 Å². The van der Waals surface area contributed by atoms with Crippen LogP contribution in [0.3, 0.4) is 0 Å². The van der Waals surface area contributed by atoms with E-state index in [9.17, 15) is 9.59 Å². The van der Waals surface area contributed by atoms with Gasteiger partial charge in [-0.15, -0.1) is 0 Å². The van der Waals surface area contributed by atoms with Crippen molar-refractivity contribution in [1.29, 1.82) is 0 Å². The molecule has 2 aliphatic heterocycles. The van der Waals surface area contributed by atoms with Crippen molar-refractivity contribution >= 4 is 33.8 Å². The van der Waals surface area contributed by atoms with Crippen LogP contribution < -0.4 is 19.7 Å². The lowest BCUT2D eigenvalue weighted by Gasteiger charge is -2.32. The van der Waals surface area contributed by atoms with E-state index >= 15 is 0 Å². The minimum absolute atomic E-state index is 0.0113. The number of carbonyl (C=O) groups is 2.